The predicted molar refractivity (Wildman–Crippen MR) is 100 cm³/mol. The Kier molecular flexibility index (Phi) is 6.21. The SMILES string of the molecule is B[PH](OC)(OCCC#N)OC[C@@H]1C[C@H](O)[C@H](n2cnc3c(N)ncnc32)O1. The number of aromatic nitrogens is 4. The van der Waals surface area contributed by atoms with Gasteiger partial charge in [-0.1, -0.05) is 0 Å². The van der Waals surface area contributed by atoms with Crippen LogP contribution in [0, 0.1) is 11.3 Å². The van der Waals surface area contributed by atoms with Crippen LogP contribution in [0.4, 0.5) is 5.82 Å². The van der Waals surface area contributed by atoms with Gasteiger partial charge in [0.2, 0.25) is 0 Å². The Bertz CT molecular complexity index is 834. The summed E-state index contributed by atoms with van der Waals surface area (Å²) in [6, 6.07) is 2.01. The molecule has 3 atom stereocenters. The molecule has 1 fully saturated rings. The molecule has 1 aliphatic heterocycles. The maximum absolute atomic E-state index is 10.4. The summed E-state index contributed by atoms with van der Waals surface area (Å²) in [6.07, 6.45) is 1.71. The zero-order valence-electron chi connectivity index (χ0n) is 15.1. The molecule has 1 aliphatic rings. The van der Waals surface area contributed by atoms with Gasteiger partial charge in [-0.05, 0) is 0 Å². The molecule has 0 unspecified atom stereocenters. The van der Waals surface area contributed by atoms with Crippen molar-refractivity contribution in [1.29, 1.82) is 5.26 Å². The molecule has 3 N–H and O–H groups in total. The van der Waals surface area contributed by atoms with E-state index in [4.69, 9.17) is 29.3 Å². The topological polar surface area (TPSA) is 151 Å². The number of aliphatic hydroxyl groups excluding tert-OH is 1. The summed E-state index contributed by atoms with van der Waals surface area (Å²) in [5.41, 5.74) is 6.74. The number of nitrogens with zero attached hydrogens (tertiary/aromatic N) is 5. The van der Waals surface area contributed by atoms with Crippen molar-refractivity contribution in [3.63, 3.8) is 0 Å². The van der Waals surface area contributed by atoms with Crippen LogP contribution in [0.1, 0.15) is 19.1 Å². The zero-order valence-corrected chi connectivity index (χ0v) is 16.1. The number of hydrogen-bond donors (Lipinski definition) is 2. The van der Waals surface area contributed by atoms with Crippen molar-refractivity contribution in [2.45, 2.75) is 31.3 Å². The molecule has 0 amide bonds. The van der Waals surface area contributed by atoms with Gasteiger partial charge in [0.25, 0.3) is 0 Å². The van der Waals surface area contributed by atoms with Crippen LogP contribution in [0.15, 0.2) is 12.7 Å². The molecular weight excluding hydrogens is 374 g/mol. The summed E-state index contributed by atoms with van der Waals surface area (Å²) in [4.78, 5) is 12.3. The van der Waals surface area contributed by atoms with Crippen LogP contribution in [0.2, 0.25) is 0 Å². The van der Waals surface area contributed by atoms with Crippen molar-refractivity contribution in [2.75, 3.05) is 26.1 Å². The van der Waals surface area contributed by atoms with Crippen molar-refractivity contribution in [1.82, 2.24) is 19.5 Å². The van der Waals surface area contributed by atoms with Gasteiger partial charge in [-0.25, -0.2) is 0 Å². The van der Waals surface area contributed by atoms with Crippen molar-refractivity contribution < 1.29 is 23.4 Å². The molecule has 3 rings (SSSR count). The molecule has 0 bridgehead atoms. The number of ether oxygens (including phenoxy) is 1. The number of nitrogen functional groups attached to an aromatic ring is 1. The first-order chi connectivity index (χ1) is 13.0. The first-order valence-electron chi connectivity index (χ1n) is 8.44. The molecule has 0 saturated carbocycles. The Morgan fingerprint density at radius 1 is 1.48 bits per heavy atom. The fourth-order valence-corrected chi connectivity index (χ4v) is 4.11. The van der Waals surface area contributed by atoms with E-state index in [1.807, 2.05) is 6.07 Å². The van der Waals surface area contributed by atoms with Gasteiger partial charge >= 0.3 is 157 Å². The van der Waals surface area contributed by atoms with Crippen molar-refractivity contribution in [3.8, 4) is 6.07 Å². The first kappa shape index (κ1) is 19.9. The first-order valence-corrected chi connectivity index (χ1v) is 10.7. The minimum absolute atomic E-state index is 0.195. The molecule has 0 spiro atoms. The molecule has 2 aromatic rings. The van der Waals surface area contributed by atoms with E-state index in [9.17, 15) is 5.11 Å². The number of imidazole rings is 1. The van der Waals surface area contributed by atoms with Gasteiger partial charge in [0, 0.05) is 0 Å². The molecule has 0 radical (unpaired) electrons. The molecule has 27 heavy (non-hydrogen) atoms. The summed E-state index contributed by atoms with van der Waals surface area (Å²) in [5, 5.41) is 19.0. The number of fused-ring (bicyclic) bond motifs is 1. The van der Waals surface area contributed by atoms with Crippen LogP contribution >= 0.6 is 7.82 Å². The Morgan fingerprint density at radius 3 is 3.04 bits per heavy atom. The predicted octanol–water partition coefficient (Wildman–Crippen LogP) is -0.307. The molecule has 11 nitrogen and oxygen atoms in total. The normalized spacial score (nSPS) is 23.5. The van der Waals surface area contributed by atoms with E-state index in [-0.39, 0.29) is 31.6 Å². The molecule has 3 heterocycles. The van der Waals surface area contributed by atoms with E-state index in [0.717, 1.165) is 0 Å². The third kappa shape index (κ3) is 4.35. The van der Waals surface area contributed by atoms with E-state index in [2.05, 4.69) is 15.0 Å². The molecule has 146 valence electrons. The summed E-state index contributed by atoms with van der Waals surface area (Å²) in [6.45, 7) is 0.437. The maximum atomic E-state index is 10.4. The molecule has 0 aromatic carbocycles. The number of nitriles is 1. The second-order valence-corrected chi connectivity index (χ2v) is 8.88. The Morgan fingerprint density at radius 2 is 2.30 bits per heavy atom. The average molecular weight is 396 g/mol. The number of anilines is 1. The number of hydrogen-bond acceptors (Lipinski definition) is 10. The third-order valence-corrected chi connectivity index (χ3v) is 6.47. The van der Waals surface area contributed by atoms with Crippen LogP contribution in [0.25, 0.3) is 11.2 Å². The van der Waals surface area contributed by atoms with Crippen LogP contribution < -0.4 is 5.73 Å². The number of rotatable bonds is 8. The Labute approximate surface area is 157 Å². The van der Waals surface area contributed by atoms with Gasteiger partial charge in [0.15, 0.2) is 0 Å². The molecule has 0 aliphatic carbocycles. The van der Waals surface area contributed by atoms with Crippen molar-refractivity contribution >= 4 is 32.4 Å². The van der Waals surface area contributed by atoms with Crippen LogP contribution in [-0.2, 0) is 18.3 Å². The summed E-state index contributed by atoms with van der Waals surface area (Å²) < 4.78 is 24.3. The van der Waals surface area contributed by atoms with Crippen molar-refractivity contribution in [3.05, 3.63) is 12.7 Å². The van der Waals surface area contributed by atoms with Gasteiger partial charge in [-0.3, -0.25) is 0 Å². The van der Waals surface area contributed by atoms with E-state index in [1.165, 1.54) is 19.8 Å². The quantitative estimate of drug-likeness (QED) is 0.346. The van der Waals surface area contributed by atoms with E-state index >= 15 is 0 Å². The van der Waals surface area contributed by atoms with Crippen LogP contribution in [0.3, 0.4) is 0 Å². The van der Waals surface area contributed by atoms with Gasteiger partial charge in [-0.15, -0.1) is 0 Å². The molecule has 1 saturated heterocycles. The van der Waals surface area contributed by atoms with E-state index in [0.29, 0.717) is 17.6 Å². The Balaban J connectivity index is 1.64. The summed E-state index contributed by atoms with van der Waals surface area (Å²) >= 11 is 0. The number of aliphatic hydroxyl groups is 1. The zero-order chi connectivity index (χ0) is 19.4. The van der Waals surface area contributed by atoms with Crippen LogP contribution in [-0.4, -0.2) is 64.7 Å². The van der Waals surface area contributed by atoms with E-state index in [1.54, 1.807) is 12.1 Å². The Hall–Kier alpha value is -1.87. The van der Waals surface area contributed by atoms with Gasteiger partial charge in [0.05, 0.1) is 0 Å². The summed E-state index contributed by atoms with van der Waals surface area (Å²) in [5.74, 6) is 0.266. The second kappa shape index (κ2) is 8.43. The van der Waals surface area contributed by atoms with E-state index < -0.39 is 20.2 Å². The second-order valence-electron chi connectivity index (χ2n) is 6.17. The van der Waals surface area contributed by atoms with Gasteiger partial charge < -0.3 is 0 Å². The molecular formula is C14H22BN6O5P. The van der Waals surface area contributed by atoms with Gasteiger partial charge in [0.1, 0.15) is 0 Å². The fraction of sp³-hybridized carbons (Fsp3) is 0.571. The standard InChI is InChI=1S/C14H22BN6O5P/c1-23-27(15,24-4-2-3-16)25-6-9-5-10(22)14(26-9)21-8-20-11-12(17)18-7-19-13(11)21/h7-10,14,22,27H,2,4-6,15H2,1H3,(H2,17,18,19)/t9-,10-,14+/m0/s1. The fourth-order valence-electron chi connectivity index (χ4n) is 2.83. The summed E-state index contributed by atoms with van der Waals surface area (Å²) in [7, 11) is 0.395. The van der Waals surface area contributed by atoms with Crippen LogP contribution in [0.5, 0.6) is 0 Å². The van der Waals surface area contributed by atoms with Crippen molar-refractivity contribution in [2.24, 2.45) is 0 Å². The molecule has 13 heteroatoms. The minimum atomic E-state index is -2.86. The molecule has 2 aromatic heterocycles. The van der Waals surface area contributed by atoms with Gasteiger partial charge in [-0.2, -0.15) is 0 Å². The number of nitrogens with two attached hydrogens (primary N) is 1. The monoisotopic (exact) mass is 396 g/mol. The third-order valence-electron chi connectivity index (χ3n) is 4.31. The average Bonchev–Trinajstić information content (AvgIpc) is 3.24.